The van der Waals surface area contributed by atoms with E-state index >= 15 is 0 Å². The predicted octanol–water partition coefficient (Wildman–Crippen LogP) is 3.81. The van der Waals surface area contributed by atoms with Gasteiger partial charge in [-0.05, 0) is 39.0 Å². The fraction of sp³-hybridized carbons (Fsp3) is 0.812. The van der Waals surface area contributed by atoms with Crippen molar-refractivity contribution in [2.45, 2.75) is 58.7 Å². The van der Waals surface area contributed by atoms with E-state index in [2.05, 4.69) is 32.9 Å². The minimum Gasteiger partial charge on any atom is -0.347 e. The topological polar surface area (TPSA) is 42.2 Å². The monoisotopic (exact) mass is 263 g/mol. The van der Waals surface area contributed by atoms with Crippen molar-refractivity contribution in [2.24, 2.45) is 11.3 Å². The molecule has 1 heterocycles. The first kappa shape index (κ1) is 14.6. The molecule has 3 heteroatoms. The Morgan fingerprint density at radius 1 is 1.37 bits per heavy atom. The van der Waals surface area contributed by atoms with Crippen LogP contribution < -0.4 is 0 Å². The molecule has 19 heavy (non-hydrogen) atoms. The molecule has 1 aliphatic heterocycles. The third kappa shape index (κ3) is 2.57. The standard InChI is InChI=1S/C16H25NO2/c1-13(2)5-6-14-7-9-16(18-11-12-19-16)15(14,3)8-4-10-17/h5,14H,4,6-9,11-12H2,1-3H3/t14-,15+/m0/s1. The molecule has 2 atom stereocenters. The molecule has 2 fully saturated rings. The van der Waals surface area contributed by atoms with Gasteiger partial charge >= 0.3 is 0 Å². The number of allylic oxidation sites excluding steroid dienone is 2. The average molecular weight is 263 g/mol. The van der Waals surface area contributed by atoms with Crippen molar-refractivity contribution < 1.29 is 9.47 Å². The van der Waals surface area contributed by atoms with Crippen molar-refractivity contribution in [3.05, 3.63) is 11.6 Å². The van der Waals surface area contributed by atoms with E-state index in [0.29, 0.717) is 25.6 Å². The van der Waals surface area contributed by atoms with E-state index in [1.54, 1.807) is 0 Å². The molecule has 0 amide bonds. The van der Waals surface area contributed by atoms with Crippen molar-refractivity contribution >= 4 is 0 Å². The first-order valence-corrected chi connectivity index (χ1v) is 7.32. The third-order valence-electron chi connectivity index (χ3n) is 4.91. The van der Waals surface area contributed by atoms with Gasteiger partial charge in [-0.3, -0.25) is 0 Å². The lowest BCUT2D eigenvalue weighted by atomic mass is 9.71. The molecule has 0 N–H and O–H groups in total. The van der Waals surface area contributed by atoms with Crippen molar-refractivity contribution in [3.63, 3.8) is 0 Å². The number of rotatable bonds is 4. The Labute approximate surface area is 116 Å². The molecule has 0 unspecified atom stereocenters. The van der Waals surface area contributed by atoms with Gasteiger partial charge in [-0.15, -0.1) is 0 Å². The number of hydrogen-bond acceptors (Lipinski definition) is 3. The average Bonchev–Trinajstić information content (AvgIpc) is 2.95. The maximum absolute atomic E-state index is 8.93. The zero-order chi connectivity index (χ0) is 13.9. The van der Waals surface area contributed by atoms with E-state index in [1.165, 1.54) is 5.57 Å². The van der Waals surface area contributed by atoms with Crippen molar-refractivity contribution in [2.75, 3.05) is 13.2 Å². The predicted molar refractivity (Wildman–Crippen MR) is 74.4 cm³/mol. The van der Waals surface area contributed by atoms with Gasteiger partial charge in [0.05, 0.1) is 19.3 Å². The highest BCUT2D eigenvalue weighted by atomic mass is 16.7. The van der Waals surface area contributed by atoms with Gasteiger partial charge in [-0.2, -0.15) is 5.26 Å². The van der Waals surface area contributed by atoms with Crippen LogP contribution in [0.1, 0.15) is 52.9 Å². The fourth-order valence-corrected chi connectivity index (χ4v) is 3.67. The highest BCUT2D eigenvalue weighted by molar-refractivity contribution is 5.07. The van der Waals surface area contributed by atoms with Gasteiger partial charge in [0, 0.05) is 18.3 Å². The zero-order valence-corrected chi connectivity index (χ0v) is 12.4. The number of hydrogen-bond donors (Lipinski definition) is 0. The first-order chi connectivity index (χ1) is 9.04. The van der Waals surface area contributed by atoms with Gasteiger partial charge < -0.3 is 9.47 Å². The Kier molecular flexibility index (Phi) is 4.32. The molecule has 0 bridgehead atoms. The highest BCUT2D eigenvalue weighted by Crippen LogP contribution is 2.58. The highest BCUT2D eigenvalue weighted by Gasteiger charge is 2.60. The van der Waals surface area contributed by atoms with Gasteiger partial charge in [-0.1, -0.05) is 18.6 Å². The summed E-state index contributed by atoms with van der Waals surface area (Å²) in [5, 5.41) is 8.93. The summed E-state index contributed by atoms with van der Waals surface area (Å²) in [6, 6.07) is 2.29. The van der Waals surface area contributed by atoms with E-state index < -0.39 is 5.79 Å². The van der Waals surface area contributed by atoms with Crippen LogP contribution in [0.15, 0.2) is 11.6 Å². The van der Waals surface area contributed by atoms with Gasteiger partial charge in [0.15, 0.2) is 5.79 Å². The molecule has 2 aliphatic rings. The maximum Gasteiger partial charge on any atom is 0.174 e. The van der Waals surface area contributed by atoms with Crippen LogP contribution >= 0.6 is 0 Å². The molecule has 1 aliphatic carbocycles. The molecule has 0 aromatic heterocycles. The third-order valence-corrected chi connectivity index (χ3v) is 4.91. The number of ether oxygens (including phenoxy) is 2. The second-order valence-electron chi connectivity index (χ2n) is 6.28. The molecule has 3 nitrogen and oxygen atoms in total. The lowest BCUT2D eigenvalue weighted by Gasteiger charge is -2.42. The lowest BCUT2D eigenvalue weighted by Crippen LogP contribution is -2.46. The first-order valence-electron chi connectivity index (χ1n) is 7.32. The quantitative estimate of drug-likeness (QED) is 0.724. The van der Waals surface area contributed by atoms with Gasteiger partial charge in [-0.25, -0.2) is 0 Å². The maximum atomic E-state index is 8.93. The molecule has 106 valence electrons. The summed E-state index contributed by atoms with van der Waals surface area (Å²) in [6.07, 6.45) is 6.92. The van der Waals surface area contributed by atoms with Crippen LogP contribution in [0.3, 0.4) is 0 Å². The summed E-state index contributed by atoms with van der Waals surface area (Å²) in [4.78, 5) is 0. The Morgan fingerprint density at radius 2 is 2.05 bits per heavy atom. The molecule has 0 aromatic rings. The number of nitriles is 1. The summed E-state index contributed by atoms with van der Waals surface area (Å²) in [5.41, 5.74) is 1.32. The van der Waals surface area contributed by atoms with Crippen LogP contribution in [0.4, 0.5) is 0 Å². The van der Waals surface area contributed by atoms with Crippen molar-refractivity contribution in [1.82, 2.24) is 0 Å². The SMILES string of the molecule is CC(C)=CC[C@H]1CCC2(OCCO2)[C@]1(C)CCC#N. The minimum absolute atomic E-state index is 0.0365. The van der Waals surface area contributed by atoms with Gasteiger partial charge in [0.1, 0.15) is 0 Å². The molecule has 2 rings (SSSR count). The molecular formula is C16H25NO2. The Morgan fingerprint density at radius 3 is 2.63 bits per heavy atom. The second-order valence-corrected chi connectivity index (χ2v) is 6.28. The van der Waals surface area contributed by atoms with Crippen LogP contribution in [0, 0.1) is 22.7 Å². The van der Waals surface area contributed by atoms with Crippen LogP contribution in [0.5, 0.6) is 0 Å². The molecule has 0 radical (unpaired) electrons. The van der Waals surface area contributed by atoms with E-state index in [-0.39, 0.29) is 5.41 Å². The molecule has 0 aromatic carbocycles. The summed E-state index contributed by atoms with van der Waals surface area (Å²) in [6.45, 7) is 7.92. The normalized spacial score (nSPS) is 32.4. The summed E-state index contributed by atoms with van der Waals surface area (Å²) in [7, 11) is 0. The van der Waals surface area contributed by atoms with Gasteiger partial charge in [0.2, 0.25) is 0 Å². The van der Waals surface area contributed by atoms with Crippen LogP contribution in [-0.4, -0.2) is 19.0 Å². The zero-order valence-electron chi connectivity index (χ0n) is 12.4. The summed E-state index contributed by atoms with van der Waals surface area (Å²) < 4.78 is 12.0. The van der Waals surface area contributed by atoms with Crippen LogP contribution in [0.2, 0.25) is 0 Å². The number of nitrogens with zero attached hydrogens (tertiary/aromatic N) is 1. The van der Waals surface area contributed by atoms with Gasteiger partial charge in [0.25, 0.3) is 0 Å². The Hall–Kier alpha value is -0.850. The van der Waals surface area contributed by atoms with Crippen LogP contribution in [-0.2, 0) is 9.47 Å². The largest absolute Gasteiger partial charge is 0.347 e. The van der Waals surface area contributed by atoms with Crippen molar-refractivity contribution in [3.8, 4) is 6.07 Å². The van der Waals surface area contributed by atoms with E-state index in [9.17, 15) is 0 Å². The van der Waals surface area contributed by atoms with Crippen molar-refractivity contribution in [1.29, 1.82) is 5.26 Å². The molecule has 1 spiro atoms. The molecule has 1 saturated carbocycles. The van der Waals surface area contributed by atoms with E-state index in [1.807, 2.05) is 0 Å². The second kappa shape index (κ2) is 5.64. The summed E-state index contributed by atoms with van der Waals surface area (Å²) >= 11 is 0. The summed E-state index contributed by atoms with van der Waals surface area (Å²) in [5.74, 6) is 0.123. The van der Waals surface area contributed by atoms with E-state index in [0.717, 1.165) is 25.7 Å². The minimum atomic E-state index is -0.427. The molecular weight excluding hydrogens is 238 g/mol. The van der Waals surface area contributed by atoms with E-state index in [4.69, 9.17) is 14.7 Å². The smallest absolute Gasteiger partial charge is 0.174 e. The molecule has 1 saturated heterocycles. The Balaban J connectivity index is 2.20. The Bertz CT molecular complexity index is 386. The lowest BCUT2D eigenvalue weighted by molar-refractivity contribution is -0.226. The van der Waals surface area contributed by atoms with Crippen LogP contribution in [0.25, 0.3) is 0 Å². The fourth-order valence-electron chi connectivity index (χ4n) is 3.67.